The normalized spacial score (nSPS) is 10.7. The first-order valence-electron chi connectivity index (χ1n) is 6.27. The van der Waals surface area contributed by atoms with E-state index in [4.69, 9.17) is 0 Å². The first kappa shape index (κ1) is 13.7. The van der Waals surface area contributed by atoms with E-state index in [1.165, 1.54) is 12.1 Å². The molecule has 0 heterocycles. The van der Waals surface area contributed by atoms with Crippen LogP contribution < -0.4 is 5.32 Å². The molecule has 100 valence electrons. The van der Waals surface area contributed by atoms with Crippen LogP contribution in [0.3, 0.4) is 0 Å². The summed E-state index contributed by atoms with van der Waals surface area (Å²) in [5, 5.41) is 3.27. The molecule has 0 aliphatic heterocycles. The minimum Gasteiger partial charge on any atom is -0.309 e. The molecule has 2 rings (SSSR count). The molecular formula is C16H17F2N. The Bertz CT molecular complexity index is 538. The van der Waals surface area contributed by atoms with Crippen molar-refractivity contribution in [3.8, 4) is 0 Å². The van der Waals surface area contributed by atoms with Crippen molar-refractivity contribution in [3.63, 3.8) is 0 Å². The first-order valence-corrected chi connectivity index (χ1v) is 6.27. The zero-order valence-corrected chi connectivity index (χ0v) is 11.1. The van der Waals surface area contributed by atoms with Gasteiger partial charge in [-0.05, 0) is 48.2 Å². The van der Waals surface area contributed by atoms with E-state index in [0.29, 0.717) is 24.2 Å². The molecule has 0 saturated carbocycles. The second-order valence-corrected chi connectivity index (χ2v) is 4.77. The summed E-state index contributed by atoms with van der Waals surface area (Å²) in [6.07, 6.45) is 0. The van der Waals surface area contributed by atoms with E-state index in [1.807, 2.05) is 12.1 Å². The van der Waals surface area contributed by atoms with Crippen molar-refractivity contribution in [2.24, 2.45) is 0 Å². The van der Waals surface area contributed by atoms with Gasteiger partial charge in [0.05, 0.1) is 0 Å². The predicted octanol–water partition coefficient (Wildman–Crippen LogP) is 3.87. The fourth-order valence-corrected chi connectivity index (χ4v) is 2.09. The van der Waals surface area contributed by atoms with Crippen molar-refractivity contribution in [1.29, 1.82) is 0 Å². The summed E-state index contributed by atoms with van der Waals surface area (Å²) in [4.78, 5) is 0. The van der Waals surface area contributed by atoms with Crippen LogP contribution >= 0.6 is 0 Å². The van der Waals surface area contributed by atoms with Gasteiger partial charge in [0, 0.05) is 13.1 Å². The molecule has 0 aliphatic rings. The third-order valence-corrected chi connectivity index (χ3v) is 3.07. The number of aryl methyl sites for hydroxylation is 2. The molecule has 0 aliphatic carbocycles. The highest BCUT2D eigenvalue weighted by Crippen LogP contribution is 2.14. The molecule has 3 heteroatoms. The van der Waals surface area contributed by atoms with E-state index in [0.717, 1.165) is 11.1 Å². The summed E-state index contributed by atoms with van der Waals surface area (Å²) in [5.74, 6) is -0.365. The minimum atomic E-state index is -0.228. The van der Waals surface area contributed by atoms with Crippen molar-refractivity contribution in [3.05, 3.63) is 70.3 Å². The van der Waals surface area contributed by atoms with Gasteiger partial charge in [0.2, 0.25) is 0 Å². The largest absolute Gasteiger partial charge is 0.309 e. The van der Waals surface area contributed by atoms with Crippen LogP contribution in [-0.4, -0.2) is 0 Å². The van der Waals surface area contributed by atoms with Gasteiger partial charge < -0.3 is 5.32 Å². The van der Waals surface area contributed by atoms with E-state index in [2.05, 4.69) is 5.32 Å². The maximum atomic E-state index is 13.5. The third-order valence-electron chi connectivity index (χ3n) is 3.07. The molecule has 0 unspecified atom stereocenters. The molecule has 0 radical (unpaired) electrons. The SMILES string of the molecule is Cc1cc(CNCc2ccc(F)cc2)cc(C)c1F. The minimum absolute atomic E-state index is 0.137. The molecule has 2 aromatic carbocycles. The fraction of sp³-hybridized carbons (Fsp3) is 0.250. The van der Waals surface area contributed by atoms with Gasteiger partial charge in [-0.1, -0.05) is 24.3 Å². The summed E-state index contributed by atoms with van der Waals surface area (Å²) in [5.41, 5.74) is 3.41. The van der Waals surface area contributed by atoms with Crippen LogP contribution in [0.4, 0.5) is 8.78 Å². The van der Waals surface area contributed by atoms with Crippen LogP contribution in [0.2, 0.25) is 0 Å². The quantitative estimate of drug-likeness (QED) is 0.881. The molecule has 0 aromatic heterocycles. The average molecular weight is 261 g/mol. The van der Waals surface area contributed by atoms with Crippen LogP contribution in [-0.2, 0) is 13.1 Å². The maximum absolute atomic E-state index is 13.5. The number of hydrogen-bond donors (Lipinski definition) is 1. The highest BCUT2D eigenvalue weighted by molar-refractivity contribution is 5.30. The molecule has 1 N–H and O–H groups in total. The Balaban J connectivity index is 1.94. The summed E-state index contributed by atoms with van der Waals surface area (Å²) < 4.78 is 26.2. The van der Waals surface area contributed by atoms with Crippen molar-refractivity contribution in [2.75, 3.05) is 0 Å². The van der Waals surface area contributed by atoms with Gasteiger partial charge in [-0.25, -0.2) is 8.78 Å². The van der Waals surface area contributed by atoms with Gasteiger partial charge in [-0.2, -0.15) is 0 Å². The van der Waals surface area contributed by atoms with E-state index in [-0.39, 0.29) is 11.6 Å². The Morgan fingerprint density at radius 2 is 1.37 bits per heavy atom. The lowest BCUT2D eigenvalue weighted by Crippen LogP contribution is -2.13. The zero-order valence-electron chi connectivity index (χ0n) is 11.1. The molecule has 1 nitrogen and oxygen atoms in total. The standard InChI is InChI=1S/C16H17F2N/c1-11-7-14(8-12(2)16(11)18)10-19-9-13-3-5-15(17)6-4-13/h3-8,19H,9-10H2,1-2H3. The van der Waals surface area contributed by atoms with E-state index >= 15 is 0 Å². The number of hydrogen-bond acceptors (Lipinski definition) is 1. The summed E-state index contributed by atoms with van der Waals surface area (Å²) >= 11 is 0. The lowest BCUT2D eigenvalue weighted by atomic mass is 10.1. The number of halogens is 2. The van der Waals surface area contributed by atoms with Gasteiger partial charge in [-0.15, -0.1) is 0 Å². The average Bonchev–Trinajstić information content (AvgIpc) is 2.38. The van der Waals surface area contributed by atoms with Crippen molar-refractivity contribution < 1.29 is 8.78 Å². The Kier molecular flexibility index (Phi) is 4.27. The van der Waals surface area contributed by atoms with Crippen molar-refractivity contribution in [1.82, 2.24) is 5.32 Å². The molecule has 0 saturated heterocycles. The zero-order chi connectivity index (χ0) is 13.8. The van der Waals surface area contributed by atoms with Gasteiger partial charge in [0.1, 0.15) is 11.6 Å². The van der Waals surface area contributed by atoms with Crippen LogP contribution in [0, 0.1) is 25.5 Å². The van der Waals surface area contributed by atoms with Gasteiger partial charge in [-0.3, -0.25) is 0 Å². The lowest BCUT2D eigenvalue weighted by molar-refractivity contribution is 0.606. The van der Waals surface area contributed by atoms with Crippen LogP contribution in [0.15, 0.2) is 36.4 Å². The van der Waals surface area contributed by atoms with E-state index in [1.54, 1.807) is 26.0 Å². The van der Waals surface area contributed by atoms with E-state index in [9.17, 15) is 8.78 Å². The van der Waals surface area contributed by atoms with Crippen LogP contribution in [0.25, 0.3) is 0 Å². The summed E-state index contributed by atoms with van der Waals surface area (Å²) in [6, 6.07) is 10.1. The molecular weight excluding hydrogens is 244 g/mol. The summed E-state index contributed by atoms with van der Waals surface area (Å²) in [6.45, 7) is 4.87. The lowest BCUT2D eigenvalue weighted by Gasteiger charge is -2.08. The van der Waals surface area contributed by atoms with Gasteiger partial charge in [0.15, 0.2) is 0 Å². The van der Waals surface area contributed by atoms with Crippen LogP contribution in [0.5, 0.6) is 0 Å². The molecule has 0 spiro atoms. The topological polar surface area (TPSA) is 12.0 Å². The Labute approximate surface area is 112 Å². The first-order chi connectivity index (χ1) is 9.06. The number of nitrogens with one attached hydrogen (secondary N) is 1. The summed E-state index contributed by atoms with van der Waals surface area (Å²) in [7, 11) is 0. The molecule has 19 heavy (non-hydrogen) atoms. The molecule has 0 amide bonds. The smallest absolute Gasteiger partial charge is 0.129 e. The maximum Gasteiger partial charge on any atom is 0.129 e. The van der Waals surface area contributed by atoms with Crippen LogP contribution in [0.1, 0.15) is 22.3 Å². The molecule has 0 atom stereocenters. The Hall–Kier alpha value is -1.74. The number of rotatable bonds is 4. The second-order valence-electron chi connectivity index (χ2n) is 4.77. The van der Waals surface area contributed by atoms with Crippen molar-refractivity contribution >= 4 is 0 Å². The van der Waals surface area contributed by atoms with Gasteiger partial charge in [0.25, 0.3) is 0 Å². The molecule has 0 fully saturated rings. The van der Waals surface area contributed by atoms with Crippen molar-refractivity contribution in [2.45, 2.75) is 26.9 Å². The molecule has 0 bridgehead atoms. The Morgan fingerprint density at radius 1 is 0.842 bits per heavy atom. The van der Waals surface area contributed by atoms with E-state index < -0.39 is 0 Å². The van der Waals surface area contributed by atoms with Gasteiger partial charge >= 0.3 is 0 Å². The second kappa shape index (κ2) is 5.93. The predicted molar refractivity (Wildman–Crippen MR) is 72.8 cm³/mol. The third kappa shape index (κ3) is 3.61. The highest BCUT2D eigenvalue weighted by Gasteiger charge is 2.04. The monoisotopic (exact) mass is 261 g/mol. The number of benzene rings is 2. The Morgan fingerprint density at radius 3 is 1.95 bits per heavy atom. The fourth-order valence-electron chi connectivity index (χ4n) is 2.09. The molecule has 2 aromatic rings. The highest BCUT2D eigenvalue weighted by atomic mass is 19.1.